The number of Topliss-reactive ketones (excluding diaryl/α,β-unsaturated/α-hetero) is 1. The Kier molecular flexibility index (Phi) is 4.78. The first kappa shape index (κ1) is 8.14. The average molecular weight is 128 g/mol. The molecule has 0 aliphatic rings. The van der Waals surface area contributed by atoms with Crippen molar-refractivity contribution in [2.45, 2.75) is 19.8 Å². The first-order valence-corrected chi connectivity index (χ1v) is 2.93. The largest absolute Gasteiger partial charge is 0.347 e. The summed E-state index contributed by atoms with van der Waals surface area (Å²) in [6, 6.07) is 0. The molecule has 3 nitrogen and oxygen atoms in total. The third-order valence-corrected chi connectivity index (χ3v) is 0.995. The lowest BCUT2D eigenvalue weighted by molar-refractivity contribution is -0.118. The summed E-state index contributed by atoms with van der Waals surface area (Å²) in [5.41, 5.74) is 0. The van der Waals surface area contributed by atoms with Crippen molar-refractivity contribution in [1.29, 1.82) is 0 Å². The van der Waals surface area contributed by atoms with Crippen LogP contribution in [0.4, 0.5) is 0 Å². The number of nitrogens with one attached hydrogen (secondary N) is 1. The third kappa shape index (κ3) is 5.00. The van der Waals surface area contributed by atoms with Gasteiger partial charge < -0.3 is 5.32 Å². The summed E-state index contributed by atoms with van der Waals surface area (Å²) in [7, 11) is 0. The summed E-state index contributed by atoms with van der Waals surface area (Å²) in [5, 5.41) is 2.29. The highest BCUT2D eigenvalue weighted by molar-refractivity contribution is 5.78. The highest BCUT2D eigenvalue weighted by Crippen LogP contribution is 1.84. The highest BCUT2D eigenvalue weighted by Gasteiger charge is 1.94. The van der Waals surface area contributed by atoms with E-state index >= 15 is 0 Å². The molecule has 1 N–H and O–H groups in total. The van der Waals surface area contributed by atoms with E-state index in [4.69, 9.17) is 0 Å². The van der Waals surface area contributed by atoms with E-state index in [9.17, 15) is 9.59 Å². The van der Waals surface area contributed by atoms with Crippen LogP contribution in [0, 0.1) is 0 Å². The zero-order valence-corrected chi connectivity index (χ0v) is 5.44. The molecule has 0 bridgehead atoms. The highest BCUT2D eigenvalue weighted by atomic mass is 16.1. The number of rotatable bonds is 5. The first-order valence-electron chi connectivity index (χ1n) is 2.93. The van der Waals surface area contributed by atoms with Gasteiger partial charge in [0, 0.05) is 19.4 Å². The molecule has 0 aliphatic heterocycles. The fourth-order valence-electron chi connectivity index (χ4n) is 0.430. The van der Waals surface area contributed by atoms with Crippen LogP contribution in [0.3, 0.4) is 0 Å². The van der Waals surface area contributed by atoms with Gasteiger partial charge >= 0.3 is 6.41 Å². The summed E-state index contributed by atoms with van der Waals surface area (Å²) in [5.74, 6) is 0.165. The molecule has 0 heterocycles. The van der Waals surface area contributed by atoms with Crippen LogP contribution in [0.1, 0.15) is 19.8 Å². The molecule has 9 heavy (non-hydrogen) atoms. The number of hydrogen-bond donors (Lipinski definition) is 1. The van der Waals surface area contributed by atoms with Gasteiger partial charge in [-0.1, -0.05) is 6.92 Å². The predicted octanol–water partition coefficient (Wildman–Crippen LogP) is 0.0124. The van der Waals surface area contributed by atoms with Gasteiger partial charge in [-0.25, -0.2) is 0 Å². The van der Waals surface area contributed by atoms with Crippen LogP contribution >= 0.6 is 0 Å². The van der Waals surface area contributed by atoms with E-state index in [1.165, 1.54) is 6.41 Å². The maximum atomic E-state index is 10.5. The molecule has 0 saturated carbocycles. The maximum absolute atomic E-state index is 10.5. The average Bonchev–Trinajstić information content (AvgIpc) is 1.89. The van der Waals surface area contributed by atoms with Gasteiger partial charge in [0.1, 0.15) is 5.78 Å². The monoisotopic (exact) mass is 128 g/mol. The van der Waals surface area contributed by atoms with Crippen LogP contribution in [0.2, 0.25) is 0 Å². The smallest absolute Gasteiger partial charge is 0.309 e. The molecule has 3 heteroatoms. The summed E-state index contributed by atoms with van der Waals surface area (Å²) in [4.78, 5) is 20.0. The summed E-state index contributed by atoms with van der Waals surface area (Å²) in [6.45, 7) is 2.21. The molecule has 0 aliphatic carbocycles. The second kappa shape index (κ2) is 5.28. The number of carbonyl (C=O) groups excluding carboxylic acids is 2. The van der Waals surface area contributed by atoms with Crippen molar-refractivity contribution in [1.82, 2.24) is 5.32 Å². The molecule has 0 rings (SSSR count). The van der Waals surface area contributed by atoms with Crippen molar-refractivity contribution in [3.8, 4) is 0 Å². The van der Waals surface area contributed by atoms with Crippen molar-refractivity contribution >= 4 is 12.2 Å². The van der Waals surface area contributed by atoms with Crippen molar-refractivity contribution in [3.63, 3.8) is 0 Å². The van der Waals surface area contributed by atoms with Gasteiger partial charge in [-0.3, -0.25) is 9.59 Å². The SMILES string of the molecule is CCC(=O)CCN[C]=O. The summed E-state index contributed by atoms with van der Waals surface area (Å²) >= 11 is 0. The quantitative estimate of drug-likeness (QED) is 0.419. The Bertz CT molecular complexity index is 101. The Balaban J connectivity index is 3.06. The standard InChI is InChI=1S/C6H10NO2/c1-2-6(9)3-4-7-5-8/h2-4H2,1H3,(H,7,8). The minimum atomic E-state index is 0.165. The molecule has 0 saturated heterocycles. The lowest BCUT2D eigenvalue weighted by Gasteiger charge is -1.93. The van der Waals surface area contributed by atoms with E-state index in [0.717, 1.165) is 0 Å². The van der Waals surface area contributed by atoms with E-state index in [1.807, 2.05) is 0 Å². The molecule has 0 aromatic rings. The van der Waals surface area contributed by atoms with E-state index < -0.39 is 0 Å². The molecule has 0 aromatic carbocycles. The topological polar surface area (TPSA) is 46.2 Å². The number of ketones is 1. The van der Waals surface area contributed by atoms with Crippen LogP contribution < -0.4 is 5.32 Å². The molecule has 0 spiro atoms. The van der Waals surface area contributed by atoms with E-state index in [0.29, 0.717) is 19.4 Å². The summed E-state index contributed by atoms with van der Waals surface area (Å²) in [6.07, 6.45) is 2.46. The zero-order valence-electron chi connectivity index (χ0n) is 5.44. The van der Waals surface area contributed by atoms with Crippen LogP contribution in [-0.2, 0) is 9.59 Å². The van der Waals surface area contributed by atoms with Crippen molar-refractivity contribution in [2.75, 3.05) is 6.54 Å². The Morgan fingerprint density at radius 1 is 1.67 bits per heavy atom. The van der Waals surface area contributed by atoms with Crippen LogP contribution in [0.25, 0.3) is 0 Å². The van der Waals surface area contributed by atoms with Crippen molar-refractivity contribution in [2.24, 2.45) is 0 Å². The van der Waals surface area contributed by atoms with E-state index in [2.05, 4.69) is 5.32 Å². The molecule has 1 radical (unpaired) electrons. The minimum absolute atomic E-state index is 0.165. The van der Waals surface area contributed by atoms with Gasteiger partial charge in [0.05, 0.1) is 0 Å². The Morgan fingerprint density at radius 3 is 2.78 bits per heavy atom. The van der Waals surface area contributed by atoms with E-state index in [-0.39, 0.29) is 5.78 Å². The third-order valence-electron chi connectivity index (χ3n) is 0.995. The molecule has 0 unspecified atom stereocenters. The van der Waals surface area contributed by atoms with Gasteiger partial charge in [0.2, 0.25) is 0 Å². The maximum Gasteiger partial charge on any atom is 0.309 e. The fourth-order valence-corrected chi connectivity index (χ4v) is 0.430. The number of amides is 1. The van der Waals surface area contributed by atoms with Gasteiger partial charge in [0.15, 0.2) is 0 Å². The van der Waals surface area contributed by atoms with Crippen molar-refractivity contribution < 1.29 is 9.59 Å². The molecule has 0 atom stereocenters. The Morgan fingerprint density at radius 2 is 2.33 bits per heavy atom. The Hall–Kier alpha value is -0.860. The second-order valence-corrected chi connectivity index (χ2v) is 1.67. The number of hydrogen-bond acceptors (Lipinski definition) is 2. The van der Waals surface area contributed by atoms with Gasteiger partial charge in [0.25, 0.3) is 0 Å². The summed E-state index contributed by atoms with van der Waals surface area (Å²) < 4.78 is 0. The Labute approximate surface area is 54.4 Å². The fraction of sp³-hybridized carbons (Fsp3) is 0.667. The number of carbonyl (C=O) groups is 1. The molecular formula is C6H10NO2. The molecule has 51 valence electrons. The van der Waals surface area contributed by atoms with Gasteiger partial charge in [-0.05, 0) is 0 Å². The van der Waals surface area contributed by atoms with Crippen LogP contribution in [-0.4, -0.2) is 18.7 Å². The second-order valence-electron chi connectivity index (χ2n) is 1.67. The van der Waals surface area contributed by atoms with Gasteiger partial charge in [-0.2, -0.15) is 0 Å². The normalized spacial score (nSPS) is 8.56. The lowest BCUT2D eigenvalue weighted by Crippen LogP contribution is -2.15. The van der Waals surface area contributed by atoms with Crippen molar-refractivity contribution in [3.05, 3.63) is 0 Å². The predicted molar refractivity (Wildman–Crippen MR) is 33.6 cm³/mol. The van der Waals surface area contributed by atoms with Gasteiger partial charge in [-0.15, -0.1) is 0 Å². The molecule has 0 aromatic heterocycles. The first-order chi connectivity index (χ1) is 4.31. The molecule has 1 amide bonds. The van der Waals surface area contributed by atoms with E-state index in [1.54, 1.807) is 6.92 Å². The van der Waals surface area contributed by atoms with Crippen LogP contribution in [0.5, 0.6) is 0 Å². The minimum Gasteiger partial charge on any atom is -0.347 e. The lowest BCUT2D eigenvalue weighted by atomic mass is 10.2. The zero-order chi connectivity index (χ0) is 7.11. The molecular weight excluding hydrogens is 118 g/mol. The van der Waals surface area contributed by atoms with Crippen LogP contribution in [0.15, 0.2) is 0 Å². The molecule has 0 fully saturated rings.